The number of carbonyl (C=O) groups is 1. The molecule has 0 saturated carbocycles. The summed E-state index contributed by atoms with van der Waals surface area (Å²) in [7, 11) is 0. The number of likely N-dealkylation sites (tertiary alicyclic amines) is 1. The van der Waals surface area contributed by atoms with E-state index in [-0.39, 0.29) is 15.6 Å². The molecule has 1 fully saturated rings. The summed E-state index contributed by atoms with van der Waals surface area (Å²) in [5.41, 5.74) is 2.43. The van der Waals surface area contributed by atoms with Crippen molar-refractivity contribution in [3.63, 3.8) is 0 Å². The summed E-state index contributed by atoms with van der Waals surface area (Å²) in [6.07, 6.45) is 3.45. The standard InChI is InChI=1S/C23H21ClFN3O2.C7H3Cl2FO/c1-14-3-2-9-28(14)10-8-18-12-17-11-15(5-7-21(17)29-18)22-26-23(30-27-22)16-4-6-20(25)19(24)13-16;8-5-3-4(7(9)11)1-2-6(5)10/h4-7,11-14H,2-3,8-10H2,1H3;1-3H/t14-;/m1./s1. The van der Waals surface area contributed by atoms with E-state index in [1.165, 1.54) is 43.7 Å². The first-order chi connectivity index (χ1) is 19.7. The van der Waals surface area contributed by atoms with E-state index in [9.17, 15) is 13.6 Å². The molecule has 1 saturated heterocycles. The van der Waals surface area contributed by atoms with Crippen LogP contribution in [-0.4, -0.2) is 39.4 Å². The molecule has 11 heteroatoms. The predicted molar refractivity (Wildman–Crippen MR) is 155 cm³/mol. The van der Waals surface area contributed by atoms with Gasteiger partial charge in [-0.1, -0.05) is 28.4 Å². The zero-order valence-electron chi connectivity index (χ0n) is 21.8. The van der Waals surface area contributed by atoms with Gasteiger partial charge in [0.1, 0.15) is 23.0 Å². The van der Waals surface area contributed by atoms with Gasteiger partial charge in [0, 0.05) is 41.1 Å². The van der Waals surface area contributed by atoms with Gasteiger partial charge in [-0.2, -0.15) is 4.98 Å². The lowest BCUT2D eigenvalue weighted by Gasteiger charge is -2.19. The van der Waals surface area contributed by atoms with Crippen molar-refractivity contribution >= 4 is 51.0 Å². The lowest BCUT2D eigenvalue weighted by atomic mass is 10.1. The van der Waals surface area contributed by atoms with Gasteiger partial charge < -0.3 is 13.8 Å². The first kappa shape index (κ1) is 29.2. The van der Waals surface area contributed by atoms with Crippen LogP contribution in [0.25, 0.3) is 33.8 Å². The second kappa shape index (κ2) is 12.7. The van der Waals surface area contributed by atoms with Crippen LogP contribution < -0.4 is 0 Å². The minimum Gasteiger partial charge on any atom is -0.461 e. The van der Waals surface area contributed by atoms with E-state index < -0.39 is 16.9 Å². The molecular formula is C30H24Cl3F2N3O3. The number of aromatic nitrogens is 2. The summed E-state index contributed by atoms with van der Waals surface area (Å²) < 4.78 is 37.2. The first-order valence-electron chi connectivity index (χ1n) is 12.9. The molecule has 3 heterocycles. The predicted octanol–water partition coefficient (Wildman–Crippen LogP) is 8.83. The number of rotatable bonds is 6. The third-order valence-corrected chi connectivity index (χ3v) is 7.70. The maximum absolute atomic E-state index is 13.4. The van der Waals surface area contributed by atoms with Crippen molar-refractivity contribution in [1.82, 2.24) is 15.0 Å². The monoisotopic (exact) mass is 617 g/mol. The highest BCUT2D eigenvalue weighted by molar-refractivity contribution is 6.67. The number of fused-ring (bicyclic) bond motifs is 1. The van der Waals surface area contributed by atoms with Crippen LogP contribution in [0.4, 0.5) is 8.78 Å². The van der Waals surface area contributed by atoms with E-state index in [2.05, 4.69) is 28.0 Å². The highest BCUT2D eigenvalue weighted by atomic mass is 35.5. The molecule has 0 amide bonds. The topological polar surface area (TPSA) is 72.4 Å². The van der Waals surface area contributed by atoms with E-state index in [0.717, 1.165) is 41.3 Å². The molecule has 0 unspecified atom stereocenters. The number of benzene rings is 3. The Hall–Kier alpha value is -3.30. The third-order valence-electron chi connectivity index (χ3n) is 6.90. The Morgan fingerprint density at radius 3 is 2.41 bits per heavy atom. The molecule has 2 aromatic heterocycles. The molecule has 41 heavy (non-hydrogen) atoms. The quantitative estimate of drug-likeness (QED) is 0.177. The average molecular weight is 619 g/mol. The van der Waals surface area contributed by atoms with Crippen LogP contribution in [0.15, 0.2) is 69.6 Å². The Labute approximate surface area is 249 Å². The van der Waals surface area contributed by atoms with Gasteiger partial charge in [0.25, 0.3) is 11.1 Å². The van der Waals surface area contributed by atoms with Crippen LogP contribution in [-0.2, 0) is 6.42 Å². The molecule has 0 spiro atoms. The number of furan rings is 1. The van der Waals surface area contributed by atoms with Crippen LogP contribution in [0.3, 0.4) is 0 Å². The zero-order chi connectivity index (χ0) is 29.1. The average Bonchev–Trinajstić information content (AvgIpc) is 3.70. The Morgan fingerprint density at radius 1 is 1.00 bits per heavy atom. The maximum Gasteiger partial charge on any atom is 0.258 e. The third kappa shape index (κ3) is 6.96. The lowest BCUT2D eigenvalue weighted by molar-refractivity contribution is 0.108. The van der Waals surface area contributed by atoms with Crippen molar-refractivity contribution in [2.24, 2.45) is 0 Å². The van der Waals surface area contributed by atoms with Crippen molar-refractivity contribution < 1.29 is 22.5 Å². The van der Waals surface area contributed by atoms with Crippen LogP contribution in [0.2, 0.25) is 10.0 Å². The van der Waals surface area contributed by atoms with Gasteiger partial charge in [-0.3, -0.25) is 4.79 Å². The van der Waals surface area contributed by atoms with Gasteiger partial charge in [0.2, 0.25) is 5.82 Å². The molecule has 3 aromatic carbocycles. The van der Waals surface area contributed by atoms with Crippen molar-refractivity contribution in [3.8, 4) is 22.8 Å². The maximum atomic E-state index is 13.4. The summed E-state index contributed by atoms with van der Waals surface area (Å²) in [6, 6.07) is 16.4. The molecule has 1 atom stereocenters. The van der Waals surface area contributed by atoms with Gasteiger partial charge in [-0.05, 0) is 98.6 Å². The fraction of sp³-hybridized carbons (Fsp3) is 0.233. The van der Waals surface area contributed by atoms with Gasteiger partial charge in [0.05, 0.1) is 10.0 Å². The molecule has 1 aliphatic heterocycles. The van der Waals surface area contributed by atoms with E-state index in [1.807, 2.05) is 18.2 Å². The molecule has 0 radical (unpaired) electrons. The highest BCUT2D eigenvalue weighted by Gasteiger charge is 2.20. The van der Waals surface area contributed by atoms with E-state index in [0.29, 0.717) is 23.3 Å². The van der Waals surface area contributed by atoms with E-state index >= 15 is 0 Å². The second-order valence-corrected chi connectivity index (χ2v) is 10.9. The molecule has 5 aromatic rings. The zero-order valence-corrected chi connectivity index (χ0v) is 24.1. The first-order valence-corrected chi connectivity index (χ1v) is 14.0. The summed E-state index contributed by atoms with van der Waals surface area (Å²) in [4.78, 5) is 17.4. The molecule has 0 aliphatic carbocycles. The number of halogens is 5. The fourth-order valence-electron chi connectivity index (χ4n) is 4.64. The lowest BCUT2D eigenvalue weighted by Crippen LogP contribution is -2.28. The van der Waals surface area contributed by atoms with E-state index in [1.54, 1.807) is 6.07 Å². The molecule has 0 bridgehead atoms. The minimum absolute atomic E-state index is 0.0166. The van der Waals surface area contributed by atoms with Crippen LogP contribution >= 0.6 is 34.8 Å². The second-order valence-electron chi connectivity index (χ2n) is 9.70. The minimum atomic E-state index is -0.646. The Kier molecular flexibility index (Phi) is 9.04. The van der Waals surface area contributed by atoms with Crippen molar-refractivity contribution in [3.05, 3.63) is 93.7 Å². The van der Waals surface area contributed by atoms with E-state index in [4.69, 9.17) is 43.7 Å². The highest BCUT2D eigenvalue weighted by Crippen LogP contribution is 2.29. The fourth-order valence-corrected chi connectivity index (χ4v) is 5.12. The summed E-state index contributed by atoms with van der Waals surface area (Å²) in [6.45, 7) is 4.48. The Balaban J connectivity index is 0.000000259. The molecule has 1 aliphatic rings. The smallest absolute Gasteiger partial charge is 0.258 e. The Bertz CT molecular complexity index is 1710. The van der Waals surface area contributed by atoms with Crippen molar-refractivity contribution in [2.75, 3.05) is 13.1 Å². The van der Waals surface area contributed by atoms with Crippen LogP contribution in [0, 0.1) is 11.6 Å². The molecule has 6 nitrogen and oxygen atoms in total. The van der Waals surface area contributed by atoms with Gasteiger partial charge in [-0.25, -0.2) is 8.78 Å². The van der Waals surface area contributed by atoms with Gasteiger partial charge in [0.15, 0.2) is 0 Å². The SMILES string of the molecule is C[C@@H]1CCCN1CCc1cc2cc(-c3noc(-c4ccc(F)c(Cl)c4)n3)ccc2o1.O=C(Cl)c1ccc(F)c(Cl)c1. The number of carbonyl (C=O) groups excluding carboxylic acids is 1. The molecule has 212 valence electrons. The Morgan fingerprint density at radius 2 is 1.73 bits per heavy atom. The molecule has 6 rings (SSSR count). The van der Waals surface area contributed by atoms with Gasteiger partial charge >= 0.3 is 0 Å². The van der Waals surface area contributed by atoms with Gasteiger partial charge in [-0.15, -0.1) is 0 Å². The normalized spacial score (nSPS) is 15.2. The summed E-state index contributed by atoms with van der Waals surface area (Å²) in [5, 5.41) is 4.34. The van der Waals surface area contributed by atoms with Crippen molar-refractivity contribution in [1.29, 1.82) is 0 Å². The molecule has 0 N–H and O–H groups in total. The summed E-state index contributed by atoms with van der Waals surface area (Å²) >= 11 is 16.3. The number of hydrogen-bond donors (Lipinski definition) is 0. The molecular weight excluding hydrogens is 595 g/mol. The van der Waals surface area contributed by atoms with Crippen LogP contribution in [0.5, 0.6) is 0 Å². The number of nitrogens with zero attached hydrogens (tertiary/aromatic N) is 3. The number of hydrogen-bond acceptors (Lipinski definition) is 6. The van der Waals surface area contributed by atoms with Crippen LogP contribution in [0.1, 0.15) is 35.9 Å². The van der Waals surface area contributed by atoms with Crippen molar-refractivity contribution in [2.45, 2.75) is 32.2 Å². The largest absolute Gasteiger partial charge is 0.461 e. The summed E-state index contributed by atoms with van der Waals surface area (Å²) in [5.74, 6) is 0.686.